The molecule has 0 aliphatic carbocycles. The third-order valence-corrected chi connectivity index (χ3v) is 2.35. The average molecular weight is 243 g/mol. The highest BCUT2D eigenvalue weighted by atomic mass is 127. The fraction of sp³-hybridized carbons (Fsp3) is 0.800. The van der Waals surface area contributed by atoms with Gasteiger partial charge in [0, 0.05) is 6.54 Å². The number of nitrogens with one attached hydrogen (secondary N) is 1. The molecule has 0 aromatic carbocycles. The highest BCUT2D eigenvalue weighted by Crippen LogP contribution is 1.93. The van der Waals surface area contributed by atoms with Gasteiger partial charge in [0.25, 0.3) is 0 Å². The standard InChI is InChI=1S/C5H10INS/c1-2-7-3-5(6)4-8/h4-5,7H,2-3H2,1H3. The molecule has 0 aromatic heterocycles. The highest BCUT2D eigenvalue weighted by Gasteiger charge is 1.93. The van der Waals surface area contributed by atoms with E-state index in [0.29, 0.717) is 3.92 Å². The molecular weight excluding hydrogens is 233 g/mol. The van der Waals surface area contributed by atoms with Gasteiger partial charge in [-0.3, -0.25) is 0 Å². The predicted molar refractivity (Wildman–Crippen MR) is 50.0 cm³/mol. The Balaban J connectivity index is 2.98. The lowest BCUT2D eigenvalue weighted by Gasteiger charge is -2.01. The van der Waals surface area contributed by atoms with Crippen LogP contribution in [0.5, 0.6) is 0 Å². The fourth-order valence-electron chi connectivity index (χ4n) is 0.330. The number of thiocarbonyl (C=S) groups is 1. The van der Waals surface area contributed by atoms with Gasteiger partial charge >= 0.3 is 0 Å². The number of halogens is 1. The lowest BCUT2D eigenvalue weighted by atomic mass is 10.5. The zero-order valence-corrected chi connectivity index (χ0v) is 7.83. The third-order valence-electron chi connectivity index (χ3n) is 0.737. The van der Waals surface area contributed by atoms with E-state index in [1.165, 1.54) is 0 Å². The van der Waals surface area contributed by atoms with Crippen molar-refractivity contribution >= 4 is 40.2 Å². The van der Waals surface area contributed by atoms with Gasteiger partial charge in [-0.1, -0.05) is 41.7 Å². The van der Waals surface area contributed by atoms with Crippen molar-refractivity contribution in [3.05, 3.63) is 0 Å². The van der Waals surface area contributed by atoms with Gasteiger partial charge in [0.15, 0.2) is 0 Å². The SMILES string of the molecule is CCNCC(I)C=S. The Hall–Kier alpha value is 0.780. The minimum Gasteiger partial charge on any atom is -0.316 e. The van der Waals surface area contributed by atoms with Crippen molar-refractivity contribution in [2.45, 2.75) is 10.8 Å². The van der Waals surface area contributed by atoms with Crippen LogP contribution in [-0.2, 0) is 0 Å². The number of hydrogen-bond donors (Lipinski definition) is 1. The second-order valence-electron chi connectivity index (χ2n) is 1.46. The lowest BCUT2D eigenvalue weighted by Crippen LogP contribution is -2.22. The predicted octanol–water partition coefficient (Wildman–Crippen LogP) is 1.40. The molecule has 1 unspecified atom stereocenters. The van der Waals surface area contributed by atoms with Gasteiger partial charge in [-0.15, -0.1) is 0 Å². The van der Waals surface area contributed by atoms with E-state index in [-0.39, 0.29) is 0 Å². The lowest BCUT2D eigenvalue weighted by molar-refractivity contribution is 0.756. The summed E-state index contributed by atoms with van der Waals surface area (Å²) in [6.45, 7) is 4.12. The number of alkyl halides is 1. The summed E-state index contributed by atoms with van der Waals surface area (Å²) < 4.78 is 0.502. The summed E-state index contributed by atoms with van der Waals surface area (Å²) in [6, 6.07) is 0. The van der Waals surface area contributed by atoms with Crippen LogP contribution in [0.1, 0.15) is 6.92 Å². The minimum atomic E-state index is 0.502. The molecule has 0 saturated carbocycles. The summed E-state index contributed by atoms with van der Waals surface area (Å²) in [5, 5.41) is 4.97. The quantitative estimate of drug-likeness (QED) is 0.455. The van der Waals surface area contributed by atoms with Gasteiger partial charge in [0.05, 0.1) is 3.92 Å². The normalized spacial score (nSPS) is 13.2. The van der Waals surface area contributed by atoms with Crippen molar-refractivity contribution < 1.29 is 0 Å². The molecule has 0 radical (unpaired) electrons. The molecule has 1 nitrogen and oxygen atoms in total. The van der Waals surface area contributed by atoms with Crippen molar-refractivity contribution in [3.63, 3.8) is 0 Å². The molecule has 0 bridgehead atoms. The van der Waals surface area contributed by atoms with E-state index >= 15 is 0 Å². The molecule has 0 rings (SSSR count). The van der Waals surface area contributed by atoms with E-state index in [1.54, 1.807) is 5.37 Å². The molecule has 0 aliphatic rings. The van der Waals surface area contributed by atoms with Crippen LogP contribution >= 0.6 is 34.8 Å². The first-order valence-corrected chi connectivity index (χ1v) is 4.33. The van der Waals surface area contributed by atoms with E-state index in [4.69, 9.17) is 12.2 Å². The van der Waals surface area contributed by atoms with Crippen LogP contribution < -0.4 is 5.32 Å². The first-order valence-electron chi connectivity index (χ1n) is 2.61. The summed E-state index contributed by atoms with van der Waals surface area (Å²) in [5.74, 6) is 0. The maximum atomic E-state index is 4.72. The van der Waals surface area contributed by atoms with Crippen LogP contribution in [0.15, 0.2) is 0 Å². The number of hydrogen-bond acceptors (Lipinski definition) is 2. The Labute approximate surface area is 69.4 Å². The van der Waals surface area contributed by atoms with E-state index in [2.05, 4.69) is 34.8 Å². The molecule has 0 heterocycles. The molecule has 3 heteroatoms. The van der Waals surface area contributed by atoms with Gasteiger partial charge in [0.1, 0.15) is 0 Å². The summed E-state index contributed by atoms with van der Waals surface area (Å²) in [4.78, 5) is 0. The average Bonchev–Trinajstić information content (AvgIpc) is 1.83. The fourth-order valence-corrected chi connectivity index (χ4v) is 0.738. The Morgan fingerprint density at radius 3 is 2.88 bits per heavy atom. The van der Waals surface area contributed by atoms with Crippen LogP contribution in [0, 0.1) is 0 Å². The smallest absolute Gasteiger partial charge is 0.0517 e. The summed E-state index contributed by atoms with van der Waals surface area (Å²) in [7, 11) is 0. The zero-order valence-electron chi connectivity index (χ0n) is 4.86. The molecule has 1 atom stereocenters. The first-order chi connectivity index (χ1) is 3.81. The Morgan fingerprint density at radius 2 is 2.50 bits per heavy atom. The van der Waals surface area contributed by atoms with Crippen molar-refractivity contribution in [3.8, 4) is 0 Å². The maximum absolute atomic E-state index is 4.72. The van der Waals surface area contributed by atoms with Crippen LogP contribution in [0.4, 0.5) is 0 Å². The van der Waals surface area contributed by atoms with Gasteiger partial charge in [-0.25, -0.2) is 0 Å². The van der Waals surface area contributed by atoms with E-state index in [1.807, 2.05) is 0 Å². The van der Waals surface area contributed by atoms with Crippen LogP contribution in [0.2, 0.25) is 0 Å². The topological polar surface area (TPSA) is 12.0 Å². The highest BCUT2D eigenvalue weighted by molar-refractivity contribution is 14.1. The Kier molecular flexibility index (Phi) is 6.48. The van der Waals surface area contributed by atoms with Crippen molar-refractivity contribution in [1.29, 1.82) is 0 Å². The van der Waals surface area contributed by atoms with Gasteiger partial charge < -0.3 is 5.32 Å². The maximum Gasteiger partial charge on any atom is 0.0517 e. The molecule has 0 spiro atoms. The molecule has 0 fully saturated rings. The summed E-state index contributed by atoms with van der Waals surface area (Å²) in [6.07, 6.45) is 0. The van der Waals surface area contributed by atoms with Crippen LogP contribution in [0.25, 0.3) is 0 Å². The van der Waals surface area contributed by atoms with E-state index < -0.39 is 0 Å². The summed E-state index contributed by atoms with van der Waals surface area (Å²) >= 11 is 7.02. The van der Waals surface area contributed by atoms with Gasteiger partial charge in [0.2, 0.25) is 0 Å². The molecule has 8 heavy (non-hydrogen) atoms. The van der Waals surface area contributed by atoms with Crippen molar-refractivity contribution in [2.75, 3.05) is 13.1 Å². The monoisotopic (exact) mass is 243 g/mol. The van der Waals surface area contributed by atoms with Gasteiger partial charge in [-0.05, 0) is 11.9 Å². The largest absolute Gasteiger partial charge is 0.316 e. The molecule has 0 saturated heterocycles. The van der Waals surface area contributed by atoms with E-state index in [9.17, 15) is 0 Å². The number of rotatable bonds is 4. The Morgan fingerprint density at radius 1 is 1.88 bits per heavy atom. The molecule has 0 aliphatic heterocycles. The first kappa shape index (κ1) is 8.78. The zero-order chi connectivity index (χ0) is 6.41. The molecule has 0 aromatic rings. The molecular formula is C5H10INS. The van der Waals surface area contributed by atoms with Crippen molar-refractivity contribution in [1.82, 2.24) is 5.32 Å². The van der Waals surface area contributed by atoms with Crippen LogP contribution in [0.3, 0.4) is 0 Å². The van der Waals surface area contributed by atoms with Crippen LogP contribution in [-0.4, -0.2) is 22.4 Å². The molecule has 1 N–H and O–H groups in total. The summed E-state index contributed by atoms with van der Waals surface area (Å²) in [5.41, 5.74) is 0. The van der Waals surface area contributed by atoms with Crippen molar-refractivity contribution in [2.24, 2.45) is 0 Å². The van der Waals surface area contributed by atoms with E-state index in [0.717, 1.165) is 13.1 Å². The second kappa shape index (κ2) is 5.91. The molecule has 0 amide bonds. The second-order valence-corrected chi connectivity index (χ2v) is 3.33. The Bertz CT molecular complexity index is 67.4. The third kappa shape index (κ3) is 4.93. The van der Waals surface area contributed by atoms with Gasteiger partial charge in [-0.2, -0.15) is 0 Å². The molecule has 48 valence electrons. The minimum absolute atomic E-state index is 0.502.